The van der Waals surface area contributed by atoms with Gasteiger partial charge in [-0.25, -0.2) is 8.78 Å². The number of para-hydroxylation sites is 1. The third-order valence-electron chi connectivity index (χ3n) is 4.28. The minimum atomic E-state index is -0.688. The molecule has 0 aliphatic heterocycles. The van der Waals surface area contributed by atoms with E-state index in [1.807, 2.05) is 30.3 Å². The molecular weight excluding hydrogens is 390 g/mol. The van der Waals surface area contributed by atoms with Crippen molar-refractivity contribution in [1.82, 2.24) is 0 Å². The molecule has 0 aliphatic rings. The maximum atomic E-state index is 14.3. The van der Waals surface area contributed by atoms with Gasteiger partial charge >= 0.3 is 5.97 Å². The second-order valence-electron chi connectivity index (χ2n) is 6.53. The average Bonchev–Trinajstić information content (AvgIpc) is 2.74. The van der Waals surface area contributed by atoms with Crippen LogP contribution in [0.4, 0.5) is 8.78 Å². The molecule has 0 aliphatic carbocycles. The third-order valence-corrected chi connectivity index (χ3v) is 4.28. The summed E-state index contributed by atoms with van der Waals surface area (Å²) in [5.74, 6) is -0.647. The molecule has 0 saturated carbocycles. The van der Waals surface area contributed by atoms with Crippen LogP contribution in [0.25, 0.3) is 0 Å². The summed E-state index contributed by atoms with van der Waals surface area (Å²) in [6.45, 7) is 1.98. The largest absolute Gasteiger partial charge is 0.486 e. The summed E-state index contributed by atoms with van der Waals surface area (Å²) in [5.41, 5.74) is 0.848. The summed E-state index contributed by atoms with van der Waals surface area (Å²) in [4.78, 5) is 11.4. The topological polar surface area (TPSA) is 44.8 Å². The molecule has 0 atom stereocenters. The van der Waals surface area contributed by atoms with E-state index in [1.54, 1.807) is 31.2 Å². The molecule has 0 heterocycles. The van der Waals surface area contributed by atoms with Gasteiger partial charge in [-0.3, -0.25) is 4.79 Å². The molecule has 6 heteroatoms. The van der Waals surface area contributed by atoms with Crippen LogP contribution in [-0.4, -0.2) is 12.6 Å². The van der Waals surface area contributed by atoms with Gasteiger partial charge in [-0.1, -0.05) is 30.3 Å². The molecule has 0 radical (unpaired) electrons. The fourth-order valence-electron chi connectivity index (χ4n) is 2.83. The third kappa shape index (κ3) is 6.04. The normalized spacial score (nSPS) is 10.5. The van der Waals surface area contributed by atoms with Crippen molar-refractivity contribution in [3.63, 3.8) is 0 Å². The number of hydrogen-bond donors (Lipinski definition) is 0. The first kappa shape index (κ1) is 21.3. The van der Waals surface area contributed by atoms with Gasteiger partial charge in [-0.2, -0.15) is 0 Å². The number of benzene rings is 3. The van der Waals surface area contributed by atoms with Crippen LogP contribution in [0.15, 0.2) is 66.7 Å². The summed E-state index contributed by atoms with van der Waals surface area (Å²) in [6, 6.07) is 18.5. The zero-order chi connectivity index (χ0) is 21.3. The van der Waals surface area contributed by atoms with Crippen molar-refractivity contribution in [2.45, 2.75) is 26.4 Å². The highest BCUT2D eigenvalue weighted by atomic mass is 19.1. The highest BCUT2D eigenvalue weighted by Gasteiger charge is 2.13. The first-order valence-electron chi connectivity index (χ1n) is 9.63. The lowest BCUT2D eigenvalue weighted by Crippen LogP contribution is -2.06. The van der Waals surface area contributed by atoms with Crippen LogP contribution in [0.1, 0.15) is 24.5 Å². The smallest absolute Gasteiger partial charge is 0.306 e. The maximum absolute atomic E-state index is 14.3. The summed E-state index contributed by atoms with van der Waals surface area (Å²) < 4.78 is 44.7. The van der Waals surface area contributed by atoms with Crippen molar-refractivity contribution in [2.75, 3.05) is 6.61 Å². The predicted octanol–water partition coefficient (Wildman–Crippen LogP) is 5.83. The maximum Gasteiger partial charge on any atom is 0.306 e. The van der Waals surface area contributed by atoms with Crippen LogP contribution in [0.3, 0.4) is 0 Å². The molecule has 4 nitrogen and oxygen atoms in total. The van der Waals surface area contributed by atoms with E-state index < -0.39 is 17.6 Å². The first-order valence-corrected chi connectivity index (χ1v) is 9.63. The van der Waals surface area contributed by atoms with Gasteiger partial charge < -0.3 is 14.2 Å². The van der Waals surface area contributed by atoms with Crippen LogP contribution < -0.4 is 9.47 Å². The second kappa shape index (κ2) is 10.4. The average molecular weight is 412 g/mol. The number of halogens is 2. The van der Waals surface area contributed by atoms with Crippen molar-refractivity contribution in [3.05, 3.63) is 89.5 Å². The molecule has 3 aromatic rings. The van der Waals surface area contributed by atoms with E-state index in [2.05, 4.69) is 0 Å². The van der Waals surface area contributed by atoms with Gasteiger partial charge in [0.2, 0.25) is 0 Å². The van der Waals surface area contributed by atoms with Gasteiger partial charge in [-0.15, -0.1) is 0 Å². The van der Waals surface area contributed by atoms with E-state index in [9.17, 15) is 13.6 Å². The lowest BCUT2D eigenvalue weighted by atomic mass is 10.1. The summed E-state index contributed by atoms with van der Waals surface area (Å²) >= 11 is 0. The molecule has 0 unspecified atom stereocenters. The van der Waals surface area contributed by atoms with Crippen LogP contribution in [-0.2, 0) is 22.6 Å². The number of esters is 1. The number of carbonyl (C=O) groups excluding carboxylic acids is 1. The molecule has 3 rings (SSSR count). The summed E-state index contributed by atoms with van der Waals surface area (Å²) in [7, 11) is 0. The fraction of sp³-hybridized carbons (Fsp3) is 0.208. The van der Waals surface area contributed by atoms with Crippen molar-refractivity contribution < 1.29 is 27.8 Å². The van der Waals surface area contributed by atoms with E-state index in [4.69, 9.17) is 14.2 Å². The van der Waals surface area contributed by atoms with Crippen LogP contribution in [0.5, 0.6) is 17.2 Å². The molecule has 0 fully saturated rings. The number of hydrogen-bond acceptors (Lipinski definition) is 4. The van der Waals surface area contributed by atoms with E-state index in [-0.39, 0.29) is 37.4 Å². The quantitative estimate of drug-likeness (QED) is 0.415. The van der Waals surface area contributed by atoms with Crippen molar-refractivity contribution in [1.29, 1.82) is 0 Å². The number of rotatable bonds is 9. The fourth-order valence-corrected chi connectivity index (χ4v) is 2.83. The molecule has 0 spiro atoms. The Bertz CT molecular complexity index is 990. The van der Waals surface area contributed by atoms with E-state index in [0.29, 0.717) is 11.5 Å². The Labute approximate surface area is 174 Å². The monoisotopic (exact) mass is 412 g/mol. The zero-order valence-electron chi connectivity index (χ0n) is 16.6. The Morgan fingerprint density at radius 2 is 1.67 bits per heavy atom. The highest BCUT2D eigenvalue weighted by Crippen LogP contribution is 2.25. The zero-order valence-corrected chi connectivity index (χ0v) is 16.6. The Morgan fingerprint density at radius 3 is 2.43 bits per heavy atom. The SMILES string of the molecule is CCOC(=O)CCc1cc(F)c(OCc2cccc(Oc3ccccc3)c2)cc1F. The molecule has 0 saturated heterocycles. The van der Waals surface area contributed by atoms with Crippen LogP contribution in [0, 0.1) is 11.6 Å². The molecule has 0 bridgehead atoms. The van der Waals surface area contributed by atoms with Gasteiger partial charge in [0.05, 0.1) is 6.61 Å². The van der Waals surface area contributed by atoms with Gasteiger partial charge in [0, 0.05) is 12.5 Å². The van der Waals surface area contributed by atoms with E-state index in [0.717, 1.165) is 17.7 Å². The van der Waals surface area contributed by atoms with Crippen LogP contribution in [0.2, 0.25) is 0 Å². The van der Waals surface area contributed by atoms with Crippen molar-refractivity contribution >= 4 is 5.97 Å². The van der Waals surface area contributed by atoms with E-state index in [1.165, 1.54) is 0 Å². The molecule has 0 amide bonds. The Morgan fingerprint density at radius 1 is 0.900 bits per heavy atom. The number of aryl methyl sites for hydroxylation is 1. The van der Waals surface area contributed by atoms with Gasteiger partial charge in [0.25, 0.3) is 0 Å². The van der Waals surface area contributed by atoms with Gasteiger partial charge in [-0.05, 0) is 54.8 Å². The molecule has 3 aromatic carbocycles. The Balaban J connectivity index is 1.62. The van der Waals surface area contributed by atoms with Gasteiger partial charge in [0.15, 0.2) is 11.6 Å². The lowest BCUT2D eigenvalue weighted by Gasteiger charge is -2.11. The van der Waals surface area contributed by atoms with Crippen molar-refractivity contribution in [2.24, 2.45) is 0 Å². The minimum absolute atomic E-state index is 0.0153. The van der Waals surface area contributed by atoms with Gasteiger partial charge in [0.1, 0.15) is 23.9 Å². The summed E-state index contributed by atoms with van der Waals surface area (Å²) in [5, 5.41) is 0. The standard InChI is InChI=1S/C24H22F2O4/c1-2-28-24(27)12-11-18-14-22(26)23(15-21(18)25)29-16-17-7-6-10-20(13-17)30-19-8-4-3-5-9-19/h3-10,13-15H,2,11-12,16H2,1H3. The van der Waals surface area contributed by atoms with Crippen LogP contribution >= 0.6 is 0 Å². The molecule has 0 aromatic heterocycles. The second-order valence-corrected chi connectivity index (χ2v) is 6.53. The number of carbonyl (C=O) groups is 1. The Kier molecular flexibility index (Phi) is 7.38. The molecule has 30 heavy (non-hydrogen) atoms. The minimum Gasteiger partial charge on any atom is -0.486 e. The number of ether oxygens (including phenoxy) is 3. The molecule has 156 valence electrons. The van der Waals surface area contributed by atoms with E-state index >= 15 is 0 Å². The van der Waals surface area contributed by atoms with Crippen molar-refractivity contribution in [3.8, 4) is 17.2 Å². The molecule has 0 N–H and O–H groups in total. The Hall–Kier alpha value is -3.41. The lowest BCUT2D eigenvalue weighted by molar-refractivity contribution is -0.143. The molecular formula is C24H22F2O4. The predicted molar refractivity (Wildman–Crippen MR) is 109 cm³/mol. The first-order chi connectivity index (χ1) is 14.5. The summed E-state index contributed by atoms with van der Waals surface area (Å²) in [6.07, 6.45) is 0.0410. The highest BCUT2D eigenvalue weighted by molar-refractivity contribution is 5.69.